The zero-order valence-electron chi connectivity index (χ0n) is 16.2. The smallest absolute Gasteiger partial charge is 0.338 e. The average Bonchev–Trinajstić information content (AvgIpc) is 2.74. The minimum atomic E-state index is -0.726. The highest BCUT2D eigenvalue weighted by molar-refractivity contribution is 5.99. The Balaban J connectivity index is 1.59. The van der Waals surface area contributed by atoms with Crippen molar-refractivity contribution in [1.29, 1.82) is 0 Å². The Bertz CT molecular complexity index is 694. The van der Waals surface area contributed by atoms with Gasteiger partial charge < -0.3 is 19.5 Å². The molecule has 1 saturated heterocycles. The van der Waals surface area contributed by atoms with Gasteiger partial charge in [-0.2, -0.15) is 0 Å². The standard InChI is InChI=1S/C21H28FNO5/c1-27-21(26)18-11-19(22)20(10-15(18)13-25)23-8-6-17(7-9-23)28-16-4-2-14(12-24)3-5-16/h10-11,13-14,16-17,24H,2-9,12H2,1H3/t14-,16-. The zero-order valence-corrected chi connectivity index (χ0v) is 16.2. The molecule has 1 aromatic rings. The molecule has 28 heavy (non-hydrogen) atoms. The maximum atomic E-state index is 14.6. The van der Waals surface area contributed by atoms with Crippen LogP contribution in [-0.2, 0) is 9.47 Å². The van der Waals surface area contributed by atoms with Gasteiger partial charge in [-0.05, 0) is 56.6 Å². The third kappa shape index (κ3) is 4.70. The number of halogens is 1. The lowest BCUT2D eigenvalue weighted by Crippen LogP contribution is -2.39. The molecule has 0 amide bonds. The fraction of sp³-hybridized carbons (Fsp3) is 0.619. The molecule has 1 aromatic carbocycles. The van der Waals surface area contributed by atoms with Crippen LogP contribution >= 0.6 is 0 Å². The van der Waals surface area contributed by atoms with Crippen LogP contribution in [0.2, 0.25) is 0 Å². The number of methoxy groups -OCH3 is 1. The molecular formula is C21H28FNO5. The van der Waals surface area contributed by atoms with Gasteiger partial charge in [0.15, 0.2) is 6.29 Å². The van der Waals surface area contributed by atoms with Crippen LogP contribution in [0.4, 0.5) is 10.1 Å². The zero-order chi connectivity index (χ0) is 20.1. The van der Waals surface area contributed by atoms with Gasteiger partial charge in [-0.1, -0.05) is 0 Å². The highest BCUT2D eigenvalue weighted by atomic mass is 19.1. The third-order valence-corrected chi connectivity index (χ3v) is 5.87. The lowest BCUT2D eigenvalue weighted by atomic mass is 9.88. The summed E-state index contributed by atoms with van der Waals surface area (Å²) in [5.41, 5.74) is 0.398. The maximum Gasteiger partial charge on any atom is 0.338 e. The van der Waals surface area contributed by atoms with Crippen LogP contribution in [0.25, 0.3) is 0 Å². The molecule has 0 aromatic heterocycles. The van der Waals surface area contributed by atoms with Crippen molar-refractivity contribution < 1.29 is 28.6 Å². The molecule has 2 fully saturated rings. The lowest BCUT2D eigenvalue weighted by Gasteiger charge is -2.37. The van der Waals surface area contributed by atoms with Gasteiger partial charge >= 0.3 is 5.97 Å². The Labute approximate surface area is 164 Å². The van der Waals surface area contributed by atoms with Crippen LogP contribution in [0, 0.1) is 11.7 Å². The number of anilines is 1. The summed E-state index contributed by atoms with van der Waals surface area (Å²) in [6, 6.07) is 2.50. The highest BCUT2D eigenvalue weighted by Gasteiger charge is 2.28. The molecule has 1 heterocycles. The molecule has 1 aliphatic carbocycles. The number of benzene rings is 1. The van der Waals surface area contributed by atoms with Crippen LogP contribution in [-0.4, -0.2) is 56.4 Å². The van der Waals surface area contributed by atoms with Crippen molar-refractivity contribution in [2.75, 3.05) is 31.7 Å². The van der Waals surface area contributed by atoms with Gasteiger partial charge in [0, 0.05) is 25.3 Å². The summed E-state index contributed by atoms with van der Waals surface area (Å²) in [5.74, 6) is -0.854. The fourth-order valence-electron chi connectivity index (χ4n) is 4.16. The molecule has 0 bridgehead atoms. The number of carbonyl (C=O) groups excluding carboxylic acids is 2. The van der Waals surface area contributed by atoms with Gasteiger partial charge in [-0.3, -0.25) is 4.79 Å². The van der Waals surface area contributed by atoms with Crippen molar-refractivity contribution >= 4 is 17.9 Å². The first-order valence-corrected chi connectivity index (χ1v) is 9.94. The van der Waals surface area contributed by atoms with Crippen molar-refractivity contribution in [3.63, 3.8) is 0 Å². The Morgan fingerprint density at radius 3 is 2.39 bits per heavy atom. The topological polar surface area (TPSA) is 76.1 Å². The van der Waals surface area contributed by atoms with E-state index < -0.39 is 11.8 Å². The van der Waals surface area contributed by atoms with E-state index in [1.807, 2.05) is 4.90 Å². The number of hydrogen-bond donors (Lipinski definition) is 1. The number of aliphatic hydroxyl groups is 1. The monoisotopic (exact) mass is 393 g/mol. The number of aliphatic hydroxyl groups excluding tert-OH is 1. The molecule has 1 N–H and O–H groups in total. The number of ether oxygens (including phenoxy) is 2. The summed E-state index contributed by atoms with van der Waals surface area (Å²) in [6.07, 6.45) is 6.50. The second-order valence-corrected chi connectivity index (χ2v) is 7.65. The van der Waals surface area contributed by atoms with Gasteiger partial charge in [-0.15, -0.1) is 0 Å². The first-order valence-electron chi connectivity index (χ1n) is 9.94. The van der Waals surface area contributed by atoms with E-state index in [2.05, 4.69) is 4.74 Å². The summed E-state index contributed by atoms with van der Waals surface area (Å²) < 4.78 is 25.4. The Morgan fingerprint density at radius 2 is 1.82 bits per heavy atom. The van der Waals surface area contributed by atoms with Crippen LogP contribution in [0.15, 0.2) is 12.1 Å². The second-order valence-electron chi connectivity index (χ2n) is 7.65. The van der Waals surface area contributed by atoms with Crippen molar-refractivity contribution in [2.45, 2.75) is 50.7 Å². The van der Waals surface area contributed by atoms with E-state index in [0.29, 0.717) is 31.0 Å². The Hall–Kier alpha value is -1.99. The number of hydrogen-bond acceptors (Lipinski definition) is 6. The summed E-state index contributed by atoms with van der Waals surface area (Å²) >= 11 is 0. The summed E-state index contributed by atoms with van der Waals surface area (Å²) in [4.78, 5) is 24.9. The molecule has 6 nitrogen and oxygen atoms in total. The molecule has 0 unspecified atom stereocenters. The third-order valence-electron chi connectivity index (χ3n) is 5.87. The van der Waals surface area contributed by atoms with E-state index in [1.165, 1.54) is 13.2 Å². The van der Waals surface area contributed by atoms with Crippen molar-refractivity contribution in [3.8, 4) is 0 Å². The van der Waals surface area contributed by atoms with Crippen LogP contribution < -0.4 is 4.90 Å². The van der Waals surface area contributed by atoms with Crippen molar-refractivity contribution in [1.82, 2.24) is 0 Å². The quantitative estimate of drug-likeness (QED) is 0.592. The van der Waals surface area contributed by atoms with Crippen LogP contribution in [0.5, 0.6) is 0 Å². The molecule has 0 spiro atoms. The normalized spacial score (nSPS) is 23.5. The lowest BCUT2D eigenvalue weighted by molar-refractivity contribution is -0.0486. The molecule has 0 atom stereocenters. The highest BCUT2D eigenvalue weighted by Crippen LogP contribution is 2.31. The Kier molecular flexibility index (Phi) is 7.02. The number of carbonyl (C=O) groups is 2. The van der Waals surface area contributed by atoms with E-state index in [4.69, 9.17) is 4.74 Å². The first-order chi connectivity index (χ1) is 13.5. The molecule has 1 saturated carbocycles. The Morgan fingerprint density at radius 1 is 1.18 bits per heavy atom. The minimum absolute atomic E-state index is 0.0598. The average molecular weight is 393 g/mol. The molecule has 3 rings (SSSR count). The van der Waals surface area contributed by atoms with Gasteiger partial charge in [-0.25, -0.2) is 9.18 Å². The maximum absolute atomic E-state index is 14.6. The van der Waals surface area contributed by atoms with Crippen molar-refractivity contribution in [3.05, 3.63) is 29.1 Å². The molecule has 1 aliphatic heterocycles. The number of rotatable bonds is 6. The fourth-order valence-corrected chi connectivity index (χ4v) is 4.16. The van der Waals surface area contributed by atoms with E-state index >= 15 is 0 Å². The molecule has 0 radical (unpaired) electrons. The predicted octanol–water partition coefficient (Wildman–Crippen LogP) is 2.96. The van der Waals surface area contributed by atoms with E-state index in [-0.39, 0.29) is 29.9 Å². The van der Waals surface area contributed by atoms with Gasteiger partial charge in [0.25, 0.3) is 0 Å². The van der Waals surface area contributed by atoms with Crippen LogP contribution in [0.3, 0.4) is 0 Å². The minimum Gasteiger partial charge on any atom is -0.465 e. The molecule has 2 aliphatic rings. The number of aldehydes is 1. The van der Waals surface area contributed by atoms with E-state index in [9.17, 15) is 19.1 Å². The molecular weight excluding hydrogens is 365 g/mol. The number of nitrogens with zero attached hydrogens (tertiary/aromatic N) is 1. The predicted molar refractivity (Wildman–Crippen MR) is 102 cm³/mol. The van der Waals surface area contributed by atoms with E-state index in [0.717, 1.165) is 44.6 Å². The van der Waals surface area contributed by atoms with E-state index in [1.54, 1.807) is 0 Å². The van der Waals surface area contributed by atoms with Gasteiger partial charge in [0.2, 0.25) is 0 Å². The first kappa shape index (κ1) is 20.7. The summed E-state index contributed by atoms with van der Waals surface area (Å²) in [6.45, 7) is 1.51. The number of esters is 1. The van der Waals surface area contributed by atoms with Gasteiger partial charge in [0.1, 0.15) is 5.82 Å². The summed E-state index contributed by atoms with van der Waals surface area (Å²) in [5, 5.41) is 9.23. The van der Waals surface area contributed by atoms with Gasteiger partial charge in [0.05, 0.1) is 30.6 Å². The number of piperidine rings is 1. The summed E-state index contributed by atoms with van der Waals surface area (Å²) in [7, 11) is 1.20. The molecule has 7 heteroatoms. The van der Waals surface area contributed by atoms with Crippen molar-refractivity contribution in [2.24, 2.45) is 5.92 Å². The second kappa shape index (κ2) is 9.47. The molecule has 154 valence electrons. The largest absolute Gasteiger partial charge is 0.465 e. The SMILES string of the molecule is COC(=O)c1cc(F)c(N2CCC(O[C@H]3CC[C@H](CO)CC3)CC2)cc1C=O. The van der Waals surface area contributed by atoms with Crippen LogP contribution in [0.1, 0.15) is 59.2 Å².